The van der Waals surface area contributed by atoms with Crippen LogP contribution in [-0.4, -0.2) is 111 Å². The van der Waals surface area contributed by atoms with Crippen LogP contribution >= 0.6 is 7.82 Å². The third kappa shape index (κ3) is 29.3. The predicted molar refractivity (Wildman–Crippen MR) is 216 cm³/mol. The number of aliphatic hydroxyl groups is 1. The highest BCUT2D eigenvalue weighted by Crippen LogP contribution is 2.44. The highest BCUT2D eigenvalue weighted by Gasteiger charge is 2.53. The number of carbonyl (C=O) groups excluding carboxylic acids is 5. The van der Waals surface area contributed by atoms with Gasteiger partial charge in [-0.3, -0.25) is 33.1 Å². The average Bonchev–Trinajstić information content (AvgIpc) is 3.16. The van der Waals surface area contributed by atoms with E-state index < -0.39 is 94.3 Å². The summed E-state index contributed by atoms with van der Waals surface area (Å²) in [6, 6.07) is 0. The van der Waals surface area contributed by atoms with Gasteiger partial charge in [-0.05, 0) is 27.2 Å². The summed E-state index contributed by atoms with van der Waals surface area (Å²) in [4.78, 5) is 73.7. The van der Waals surface area contributed by atoms with Crippen molar-refractivity contribution in [2.45, 2.75) is 195 Å². The molecule has 346 valence electrons. The molecule has 7 unspecified atom stereocenters. The van der Waals surface area contributed by atoms with Crippen molar-refractivity contribution in [1.29, 1.82) is 0 Å². The molecule has 0 saturated carbocycles. The Morgan fingerprint density at radius 1 is 0.627 bits per heavy atom. The first-order chi connectivity index (χ1) is 28.0. The summed E-state index contributed by atoms with van der Waals surface area (Å²) in [5.74, 6) is -4.08. The summed E-state index contributed by atoms with van der Waals surface area (Å²) < 4.78 is 53.6. The fourth-order valence-corrected chi connectivity index (χ4v) is 7.15. The van der Waals surface area contributed by atoms with E-state index in [4.69, 9.17) is 37.5 Å². The third-order valence-corrected chi connectivity index (χ3v) is 10.5. The number of quaternary nitrogens is 1. The lowest BCUT2D eigenvalue weighted by atomic mass is 9.98. The van der Waals surface area contributed by atoms with Crippen molar-refractivity contribution in [1.82, 2.24) is 0 Å². The summed E-state index contributed by atoms with van der Waals surface area (Å²) in [5, 5.41) is 10.2. The number of phosphoric ester groups is 1. The number of ether oxygens (including phenoxy) is 6. The van der Waals surface area contributed by atoms with Gasteiger partial charge in [0.05, 0.1) is 26.2 Å². The van der Waals surface area contributed by atoms with Crippen LogP contribution in [0.5, 0.6) is 0 Å². The Hall–Kier alpha value is -2.66. The minimum atomic E-state index is -5.38. The number of unbranched alkanes of at least 4 members (excludes halogenated alkanes) is 14. The molecule has 0 aromatic heterocycles. The number of hydrogen-bond donors (Lipinski definition) is 2. The summed E-state index contributed by atoms with van der Waals surface area (Å²) in [6.07, 6.45) is 7.97. The van der Waals surface area contributed by atoms with Crippen LogP contribution in [0.2, 0.25) is 0 Å². The average molecular weight is 870 g/mol. The predicted octanol–water partition coefficient (Wildman–Crippen LogP) is 4.67. The molecule has 7 atom stereocenters. The minimum Gasteiger partial charge on any atom is -0.756 e. The van der Waals surface area contributed by atoms with Gasteiger partial charge in [0.1, 0.15) is 25.4 Å². The van der Waals surface area contributed by atoms with Gasteiger partial charge in [0.2, 0.25) is 6.29 Å². The first-order valence-corrected chi connectivity index (χ1v) is 23.1. The fraction of sp³-hybridized carbons (Fsp3) is 0.878. The van der Waals surface area contributed by atoms with Crippen molar-refractivity contribution in [3.63, 3.8) is 0 Å². The maximum Gasteiger partial charge on any atom is 0.305 e. The van der Waals surface area contributed by atoms with E-state index >= 15 is 0 Å². The summed E-state index contributed by atoms with van der Waals surface area (Å²) in [7, 11) is -5.38. The van der Waals surface area contributed by atoms with Crippen LogP contribution in [0.3, 0.4) is 0 Å². The zero-order chi connectivity index (χ0) is 44.6. The molecule has 1 heterocycles. The summed E-state index contributed by atoms with van der Waals surface area (Å²) in [6.45, 7) is 14.8. The van der Waals surface area contributed by atoms with E-state index in [0.29, 0.717) is 6.42 Å². The second-order valence-corrected chi connectivity index (χ2v) is 16.1. The second kappa shape index (κ2) is 34.0. The largest absolute Gasteiger partial charge is 0.756 e. The van der Waals surface area contributed by atoms with Crippen molar-refractivity contribution in [2.75, 3.05) is 39.5 Å². The molecule has 1 aliphatic rings. The van der Waals surface area contributed by atoms with Crippen LogP contribution in [-0.2, 0) is 66.0 Å². The Labute approximate surface area is 352 Å². The van der Waals surface area contributed by atoms with Gasteiger partial charge in [-0.1, -0.05) is 96.8 Å². The zero-order valence-electron chi connectivity index (χ0n) is 37.0. The quantitative estimate of drug-likeness (QED) is 0.0418. The van der Waals surface area contributed by atoms with Crippen molar-refractivity contribution in [2.24, 2.45) is 0 Å². The Kier molecular flexibility index (Phi) is 32.5. The fourth-order valence-electron chi connectivity index (χ4n) is 6.31. The smallest absolute Gasteiger partial charge is 0.305 e. The van der Waals surface area contributed by atoms with E-state index in [0.717, 1.165) is 47.0 Å². The van der Waals surface area contributed by atoms with E-state index in [-0.39, 0.29) is 6.42 Å². The molecule has 2 N–H and O–H groups in total. The topological polar surface area (TPSA) is 224 Å². The van der Waals surface area contributed by atoms with Crippen LogP contribution in [0.25, 0.3) is 0 Å². The first-order valence-electron chi connectivity index (χ1n) is 21.6. The highest BCUT2D eigenvalue weighted by atomic mass is 31.2. The van der Waals surface area contributed by atoms with E-state index in [1.165, 1.54) is 90.3 Å². The van der Waals surface area contributed by atoms with E-state index in [2.05, 4.69) is 27.7 Å². The maximum atomic E-state index is 12.8. The normalized spacial score (nSPS) is 20.4. The summed E-state index contributed by atoms with van der Waals surface area (Å²) in [5.41, 5.74) is 0. The Morgan fingerprint density at radius 2 is 1.07 bits per heavy atom. The molecule has 59 heavy (non-hydrogen) atoms. The molecule has 1 aliphatic heterocycles. The van der Waals surface area contributed by atoms with Gasteiger partial charge < -0.3 is 47.8 Å². The standard InChI is InChI=1S/C35H61O16P.C6H15N/c1-6-7-8-9-10-11-12-13-14-15-16-17-18-19-20-21-31(41)45-22-29(40)23-46-52(42,43)51-35-34(49-28(5)39)33(48-27(4)38)32(47-26(3)37)30(50-35)24-44-25(2)36;1-4-7(5-2)6-3/h29-30,32-35,40H,6-24H2,1-5H3,(H,42,43);4-6H2,1-3H3. The molecular weight excluding hydrogens is 793 g/mol. The van der Waals surface area contributed by atoms with Crippen LogP contribution in [0.1, 0.15) is 158 Å². The van der Waals surface area contributed by atoms with Gasteiger partial charge in [0.15, 0.2) is 18.3 Å². The van der Waals surface area contributed by atoms with Crippen LogP contribution in [0, 0.1) is 0 Å². The van der Waals surface area contributed by atoms with Crippen molar-refractivity contribution < 1.29 is 80.9 Å². The number of nitrogens with one attached hydrogen (secondary N) is 1. The zero-order valence-corrected chi connectivity index (χ0v) is 37.9. The molecule has 0 aliphatic carbocycles. The van der Waals surface area contributed by atoms with E-state index in [9.17, 15) is 38.5 Å². The maximum absolute atomic E-state index is 12.8. The van der Waals surface area contributed by atoms with Gasteiger partial charge in [0, 0.05) is 34.1 Å². The van der Waals surface area contributed by atoms with E-state index in [1.54, 1.807) is 4.90 Å². The van der Waals surface area contributed by atoms with Gasteiger partial charge in [-0.2, -0.15) is 0 Å². The monoisotopic (exact) mass is 869 g/mol. The molecule has 17 nitrogen and oxygen atoms in total. The summed E-state index contributed by atoms with van der Waals surface area (Å²) >= 11 is 0. The number of phosphoric acid groups is 1. The number of rotatable bonds is 31. The lowest BCUT2D eigenvalue weighted by Crippen LogP contribution is -3.11. The molecule has 0 aromatic rings. The highest BCUT2D eigenvalue weighted by molar-refractivity contribution is 7.45. The SMILES string of the molecule is CCCCCCCCCCCCCCCCCC(=O)OCC(O)COP(=O)([O-])OC1OC(COC(C)=O)C(OC(C)=O)C(OC(C)=O)C1OC(C)=O.CC[NH+](CC)CC. The molecule has 0 spiro atoms. The molecule has 18 heteroatoms. The third-order valence-electron chi connectivity index (χ3n) is 9.53. The van der Waals surface area contributed by atoms with Crippen molar-refractivity contribution in [3.8, 4) is 0 Å². The number of carbonyl (C=O) groups is 5. The van der Waals surface area contributed by atoms with E-state index in [1.807, 2.05) is 0 Å². The molecule has 1 rings (SSSR count). The number of esters is 5. The van der Waals surface area contributed by atoms with Crippen molar-refractivity contribution in [3.05, 3.63) is 0 Å². The Morgan fingerprint density at radius 3 is 1.49 bits per heavy atom. The first kappa shape index (κ1) is 56.3. The Balaban J connectivity index is 0.00000438. The van der Waals surface area contributed by atoms with Crippen LogP contribution in [0.15, 0.2) is 0 Å². The molecule has 1 fully saturated rings. The van der Waals surface area contributed by atoms with Gasteiger partial charge in [-0.25, -0.2) is 0 Å². The Bertz CT molecular complexity index is 1210. The molecule has 0 amide bonds. The number of aliphatic hydroxyl groups excluding tert-OH is 1. The van der Waals surface area contributed by atoms with Crippen LogP contribution in [0.4, 0.5) is 0 Å². The lowest BCUT2D eigenvalue weighted by molar-refractivity contribution is -0.894. The molecule has 0 bridgehead atoms. The minimum absolute atomic E-state index is 0.151. The van der Waals surface area contributed by atoms with Crippen molar-refractivity contribution >= 4 is 37.7 Å². The van der Waals surface area contributed by atoms with Gasteiger partial charge in [-0.15, -0.1) is 0 Å². The van der Waals surface area contributed by atoms with Crippen LogP contribution < -0.4 is 9.79 Å². The van der Waals surface area contributed by atoms with Gasteiger partial charge in [0.25, 0.3) is 7.82 Å². The molecule has 0 aromatic carbocycles. The lowest BCUT2D eigenvalue weighted by Gasteiger charge is -2.45. The second-order valence-electron chi connectivity index (χ2n) is 14.8. The van der Waals surface area contributed by atoms with Gasteiger partial charge >= 0.3 is 29.8 Å². The number of hydrogen-bond acceptors (Lipinski definition) is 16. The molecule has 0 radical (unpaired) electrons. The molecular formula is C41H76NO16P. The molecule has 1 saturated heterocycles.